The van der Waals surface area contributed by atoms with E-state index in [0.717, 1.165) is 72.1 Å². The zero-order valence-corrected chi connectivity index (χ0v) is 24.3. The molecule has 4 rings (SSSR count). The second-order valence-corrected chi connectivity index (χ2v) is 11.1. The van der Waals surface area contributed by atoms with Crippen LogP contribution in [0.3, 0.4) is 0 Å². The number of hydrogen-bond acceptors (Lipinski definition) is 4. The van der Waals surface area contributed by atoms with Gasteiger partial charge in [-0.1, -0.05) is 44.7 Å². The van der Waals surface area contributed by atoms with E-state index in [-0.39, 0.29) is 11.8 Å². The van der Waals surface area contributed by atoms with Crippen LogP contribution in [0.4, 0.5) is 0 Å². The number of allylic oxidation sites excluding steroid dienone is 3. The smallest absolute Gasteiger partial charge is 0.253 e. The molecule has 2 amide bonds. The van der Waals surface area contributed by atoms with Crippen molar-refractivity contribution < 1.29 is 14.3 Å². The van der Waals surface area contributed by atoms with Crippen molar-refractivity contribution in [1.82, 2.24) is 20.0 Å². The Balaban J connectivity index is 1.34. The molecule has 1 fully saturated rings. The first-order valence-electron chi connectivity index (χ1n) is 14.3. The Morgan fingerprint density at radius 1 is 1.12 bits per heavy atom. The van der Waals surface area contributed by atoms with Gasteiger partial charge in [0.15, 0.2) is 0 Å². The van der Waals surface area contributed by atoms with E-state index >= 15 is 0 Å². The zero-order valence-electron chi connectivity index (χ0n) is 24.3. The molecule has 0 unspecified atom stereocenters. The number of likely N-dealkylation sites (tertiary alicyclic amines) is 1. The molecule has 1 aliphatic heterocycles. The number of nitrogens with one attached hydrogen (secondary N) is 1. The van der Waals surface area contributed by atoms with Crippen LogP contribution in [-0.2, 0) is 11.3 Å². The van der Waals surface area contributed by atoms with Crippen molar-refractivity contribution in [1.29, 1.82) is 0 Å². The molecule has 7 nitrogen and oxygen atoms in total. The summed E-state index contributed by atoms with van der Waals surface area (Å²) in [6.45, 7) is 13.6. The minimum absolute atomic E-state index is 0.0908. The van der Waals surface area contributed by atoms with Crippen molar-refractivity contribution in [3.63, 3.8) is 0 Å². The minimum atomic E-state index is -0.0976. The van der Waals surface area contributed by atoms with E-state index in [1.807, 2.05) is 65.2 Å². The van der Waals surface area contributed by atoms with Crippen molar-refractivity contribution >= 4 is 28.3 Å². The van der Waals surface area contributed by atoms with Crippen molar-refractivity contribution in [2.24, 2.45) is 11.8 Å². The molecule has 2 heterocycles. The summed E-state index contributed by atoms with van der Waals surface area (Å²) >= 11 is 0. The first-order chi connectivity index (χ1) is 19.3. The Morgan fingerprint density at radius 3 is 2.48 bits per heavy atom. The van der Waals surface area contributed by atoms with Gasteiger partial charge in [-0.25, -0.2) is 0 Å². The average molecular weight is 543 g/mol. The summed E-state index contributed by atoms with van der Waals surface area (Å²) in [7, 11) is 1.62. The summed E-state index contributed by atoms with van der Waals surface area (Å²) in [4.78, 5) is 27.7. The van der Waals surface area contributed by atoms with Crippen LogP contribution in [0, 0.1) is 18.8 Å². The summed E-state index contributed by atoms with van der Waals surface area (Å²) in [6.07, 6.45) is 9.01. The van der Waals surface area contributed by atoms with Crippen LogP contribution >= 0.6 is 0 Å². The molecule has 7 heteroatoms. The number of piperidine rings is 1. The molecule has 0 aliphatic carbocycles. The number of aromatic nitrogens is 2. The van der Waals surface area contributed by atoms with E-state index < -0.39 is 0 Å². The highest BCUT2D eigenvalue weighted by Crippen LogP contribution is 2.25. The van der Waals surface area contributed by atoms with Crippen LogP contribution in [0.5, 0.6) is 0 Å². The lowest BCUT2D eigenvalue weighted by Gasteiger charge is -2.32. The quantitative estimate of drug-likeness (QED) is 0.242. The number of hydrogen-bond donors (Lipinski definition) is 1. The molecule has 40 heavy (non-hydrogen) atoms. The lowest BCUT2D eigenvalue weighted by Crippen LogP contribution is -2.39. The van der Waals surface area contributed by atoms with E-state index in [2.05, 4.69) is 31.8 Å². The Kier molecular flexibility index (Phi) is 9.93. The number of aryl methyl sites for hydroxylation is 1. The number of methoxy groups -OCH3 is 1. The maximum absolute atomic E-state index is 13.2. The second-order valence-electron chi connectivity index (χ2n) is 11.1. The predicted molar refractivity (Wildman–Crippen MR) is 161 cm³/mol. The molecule has 0 bridgehead atoms. The van der Waals surface area contributed by atoms with Gasteiger partial charge in [-0.2, -0.15) is 5.10 Å². The zero-order chi connectivity index (χ0) is 28.6. The van der Waals surface area contributed by atoms with Crippen LogP contribution < -0.4 is 5.32 Å². The Bertz CT molecular complexity index is 1360. The average Bonchev–Trinajstić information content (AvgIpc) is 3.37. The summed E-state index contributed by atoms with van der Waals surface area (Å²) in [5, 5.41) is 8.66. The van der Waals surface area contributed by atoms with Crippen molar-refractivity contribution in [3.8, 4) is 0 Å². The van der Waals surface area contributed by atoms with E-state index in [1.54, 1.807) is 7.11 Å². The molecule has 0 radical (unpaired) electrons. The van der Waals surface area contributed by atoms with E-state index in [9.17, 15) is 9.59 Å². The maximum Gasteiger partial charge on any atom is 0.253 e. The third kappa shape index (κ3) is 7.07. The van der Waals surface area contributed by atoms with Gasteiger partial charge < -0.3 is 15.0 Å². The lowest BCUT2D eigenvalue weighted by molar-refractivity contribution is 0.0681. The van der Waals surface area contributed by atoms with E-state index in [4.69, 9.17) is 9.84 Å². The molecule has 1 aromatic heterocycles. The monoisotopic (exact) mass is 542 g/mol. The summed E-state index contributed by atoms with van der Waals surface area (Å²) < 4.78 is 7.02. The fraction of sp³-hybridized carbons (Fsp3) is 0.424. The fourth-order valence-electron chi connectivity index (χ4n) is 5.23. The fourth-order valence-corrected chi connectivity index (χ4v) is 5.23. The number of carbonyl (C=O) groups excluding carboxylic acids is 2. The van der Waals surface area contributed by atoms with Gasteiger partial charge >= 0.3 is 0 Å². The van der Waals surface area contributed by atoms with Gasteiger partial charge in [0.1, 0.15) is 0 Å². The lowest BCUT2D eigenvalue weighted by atomic mass is 9.96. The SMILES string of the molecule is C=C/C(=C\CC(C)C)c1ccc(C(=O)N2CCC(Cn3cc4c(C)c(C(=O)NCCOC)ccc4n3)CC2)cc1. The molecule has 3 aromatic rings. The van der Waals surface area contributed by atoms with Gasteiger partial charge in [0.05, 0.1) is 12.1 Å². The first-order valence-corrected chi connectivity index (χ1v) is 14.3. The predicted octanol–water partition coefficient (Wildman–Crippen LogP) is 5.89. The van der Waals surface area contributed by atoms with Gasteiger partial charge in [-0.3, -0.25) is 14.3 Å². The number of benzene rings is 2. The standard InChI is InChI=1S/C33H42N4O3/c1-6-26(8-7-23(2)3)27-9-11-28(12-10-27)33(39)36-18-15-25(16-19-36)21-37-22-30-24(4)29(13-14-31(30)35-37)32(38)34-17-20-40-5/h6,8-14,22-23,25H,1,7,15-21H2,2-5H3,(H,34,38)/b26-8+. The normalized spacial score (nSPS) is 14.6. The molecule has 1 aliphatic rings. The molecule has 0 saturated carbocycles. The second kappa shape index (κ2) is 13.6. The van der Waals surface area contributed by atoms with Crippen LogP contribution in [0.25, 0.3) is 16.5 Å². The number of nitrogens with zero attached hydrogens (tertiary/aromatic N) is 3. The third-order valence-corrected chi connectivity index (χ3v) is 7.68. The molecule has 0 atom stereocenters. The van der Waals surface area contributed by atoms with Crippen LogP contribution in [0.2, 0.25) is 0 Å². The van der Waals surface area contributed by atoms with Gasteiger partial charge in [0.25, 0.3) is 11.8 Å². The molecule has 2 aromatic carbocycles. The van der Waals surface area contributed by atoms with Crippen LogP contribution in [0.15, 0.2) is 61.3 Å². The topological polar surface area (TPSA) is 76.5 Å². The minimum Gasteiger partial charge on any atom is -0.383 e. The molecule has 212 valence electrons. The van der Waals surface area contributed by atoms with Gasteiger partial charge in [0, 0.05) is 56.0 Å². The van der Waals surface area contributed by atoms with Gasteiger partial charge in [-0.05, 0) is 79.0 Å². The number of rotatable bonds is 11. The molecule has 0 spiro atoms. The molecule has 1 saturated heterocycles. The van der Waals surface area contributed by atoms with E-state index in [0.29, 0.717) is 30.6 Å². The Morgan fingerprint density at radius 2 is 1.82 bits per heavy atom. The van der Waals surface area contributed by atoms with Gasteiger partial charge in [0.2, 0.25) is 0 Å². The number of ether oxygens (including phenoxy) is 1. The summed E-state index contributed by atoms with van der Waals surface area (Å²) in [5.41, 5.74) is 5.41. The van der Waals surface area contributed by atoms with Crippen molar-refractivity contribution in [2.45, 2.75) is 46.6 Å². The van der Waals surface area contributed by atoms with Crippen molar-refractivity contribution in [3.05, 3.63) is 83.6 Å². The van der Waals surface area contributed by atoms with Gasteiger partial charge in [-0.15, -0.1) is 0 Å². The first kappa shape index (κ1) is 29.3. The highest BCUT2D eigenvalue weighted by atomic mass is 16.5. The Hall–Kier alpha value is -3.71. The molecular weight excluding hydrogens is 500 g/mol. The molecular formula is C33H42N4O3. The maximum atomic E-state index is 13.2. The largest absolute Gasteiger partial charge is 0.383 e. The summed E-state index contributed by atoms with van der Waals surface area (Å²) in [6, 6.07) is 11.7. The highest BCUT2D eigenvalue weighted by Gasteiger charge is 2.24. The molecule has 1 N–H and O–H groups in total. The number of fused-ring (bicyclic) bond motifs is 1. The Labute approximate surface area is 237 Å². The number of carbonyl (C=O) groups is 2. The van der Waals surface area contributed by atoms with Crippen molar-refractivity contribution in [2.75, 3.05) is 33.4 Å². The summed E-state index contributed by atoms with van der Waals surface area (Å²) in [5.74, 6) is 1.03. The van der Waals surface area contributed by atoms with Crippen LogP contribution in [0.1, 0.15) is 65.0 Å². The number of amides is 2. The van der Waals surface area contributed by atoms with Crippen LogP contribution in [-0.4, -0.2) is 59.8 Å². The van der Waals surface area contributed by atoms with E-state index in [1.165, 1.54) is 0 Å². The third-order valence-electron chi connectivity index (χ3n) is 7.68. The highest BCUT2D eigenvalue weighted by molar-refractivity contribution is 6.00.